The predicted octanol–water partition coefficient (Wildman–Crippen LogP) is 2.50. The topological polar surface area (TPSA) is 55.1 Å². The molecule has 1 saturated carbocycles. The molecule has 92 valence electrons. The number of hydrogen-bond acceptors (Lipinski definition) is 2. The summed E-state index contributed by atoms with van der Waals surface area (Å²) in [5.74, 6) is 0.581. The van der Waals surface area contributed by atoms with Gasteiger partial charge >= 0.3 is 0 Å². The molecule has 0 aliphatic heterocycles. The molecule has 1 aliphatic carbocycles. The van der Waals surface area contributed by atoms with Crippen molar-refractivity contribution in [2.75, 3.05) is 5.73 Å². The number of hydrogen-bond donors (Lipinski definition) is 2. The molecule has 3 heteroatoms. The normalized spacial score (nSPS) is 23.6. The molecule has 0 aromatic heterocycles. The highest BCUT2D eigenvalue weighted by Gasteiger charge is 2.25. The molecule has 0 saturated heterocycles. The SMILES string of the molecule is Cc1ccc(C(=O)NC2CCCC2C)cc1N. The third-order valence-corrected chi connectivity index (χ3v) is 3.72. The van der Waals surface area contributed by atoms with E-state index in [2.05, 4.69) is 12.2 Å². The second kappa shape index (κ2) is 4.78. The lowest BCUT2D eigenvalue weighted by Crippen LogP contribution is -2.36. The molecule has 1 aromatic rings. The van der Waals surface area contributed by atoms with Crippen molar-refractivity contribution in [2.45, 2.75) is 39.2 Å². The van der Waals surface area contributed by atoms with Crippen LogP contribution in [0, 0.1) is 12.8 Å². The average molecular weight is 232 g/mol. The molecule has 1 fully saturated rings. The van der Waals surface area contributed by atoms with Crippen molar-refractivity contribution in [3.8, 4) is 0 Å². The summed E-state index contributed by atoms with van der Waals surface area (Å²) in [6.07, 6.45) is 3.51. The Kier molecular flexibility index (Phi) is 3.36. The van der Waals surface area contributed by atoms with E-state index in [0.717, 1.165) is 12.0 Å². The zero-order chi connectivity index (χ0) is 12.4. The molecule has 1 aromatic carbocycles. The van der Waals surface area contributed by atoms with E-state index in [-0.39, 0.29) is 5.91 Å². The van der Waals surface area contributed by atoms with E-state index < -0.39 is 0 Å². The Morgan fingerprint density at radius 3 is 2.76 bits per heavy atom. The minimum absolute atomic E-state index is 0.00421. The molecule has 0 spiro atoms. The molecule has 17 heavy (non-hydrogen) atoms. The molecule has 3 N–H and O–H groups in total. The number of aryl methyl sites for hydroxylation is 1. The second-order valence-electron chi connectivity index (χ2n) is 5.06. The number of nitrogens with two attached hydrogens (primary N) is 1. The van der Waals surface area contributed by atoms with Crippen LogP contribution in [0.3, 0.4) is 0 Å². The maximum atomic E-state index is 12.0. The van der Waals surface area contributed by atoms with Gasteiger partial charge < -0.3 is 11.1 Å². The van der Waals surface area contributed by atoms with Crippen LogP contribution >= 0.6 is 0 Å². The van der Waals surface area contributed by atoms with Crippen LogP contribution in [0.1, 0.15) is 42.1 Å². The van der Waals surface area contributed by atoms with Crippen molar-refractivity contribution in [2.24, 2.45) is 5.92 Å². The minimum atomic E-state index is -0.00421. The van der Waals surface area contributed by atoms with Gasteiger partial charge in [-0.25, -0.2) is 0 Å². The van der Waals surface area contributed by atoms with Gasteiger partial charge in [-0.05, 0) is 43.4 Å². The highest BCUT2D eigenvalue weighted by molar-refractivity contribution is 5.95. The summed E-state index contributed by atoms with van der Waals surface area (Å²) in [7, 11) is 0. The Labute approximate surface area is 102 Å². The van der Waals surface area contributed by atoms with E-state index in [1.54, 1.807) is 6.07 Å². The number of carbonyl (C=O) groups is 1. The predicted molar refractivity (Wildman–Crippen MR) is 69.9 cm³/mol. The van der Waals surface area contributed by atoms with Gasteiger partial charge in [-0.15, -0.1) is 0 Å². The maximum absolute atomic E-state index is 12.0. The summed E-state index contributed by atoms with van der Waals surface area (Å²) in [5, 5.41) is 3.10. The fraction of sp³-hybridized carbons (Fsp3) is 0.500. The third-order valence-electron chi connectivity index (χ3n) is 3.72. The molecule has 2 rings (SSSR count). The molecule has 3 nitrogen and oxygen atoms in total. The van der Waals surface area contributed by atoms with Gasteiger partial charge in [0.05, 0.1) is 0 Å². The van der Waals surface area contributed by atoms with Gasteiger partial charge in [0, 0.05) is 17.3 Å². The van der Waals surface area contributed by atoms with E-state index in [4.69, 9.17) is 5.73 Å². The molecule has 2 unspecified atom stereocenters. The number of rotatable bonds is 2. The summed E-state index contributed by atoms with van der Waals surface area (Å²) in [6.45, 7) is 4.14. The van der Waals surface area contributed by atoms with Crippen molar-refractivity contribution in [1.82, 2.24) is 5.32 Å². The molecule has 1 amide bonds. The fourth-order valence-electron chi connectivity index (χ4n) is 2.39. The van der Waals surface area contributed by atoms with Crippen molar-refractivity contribution < 1.29 is 4.79 Å². The van der Waals surface area contributed by atoms with Crippen LogP contribution < -0.4 is 11.1 Å². The molecule has 0 radical (unpaired) electrons. The number of benzene rings is 1. The first-order chi connectivity index (χ1) is 8.08. The van der Waals surface area contributed by atoms with Gasteiger partial charge in [0.25, 0.3) is 5.91 Å². The monoisotopic (exact) mass is 232 g/mol. The van der Waals surface area contributed by atoms with Gasteiger partial charge in [0.2, 0.25) is 0 Å². The van der Waals surface area contributed by atoms with Gasteiger partial charge in [-0.3, -0.25) is 4.79 Å². The quantitative estimate of drug-likeness (QED) is 0.770. The van der Waals surface area contributed by atoms with Gasteiger partial charge in [-0.1, -0.05) is 19.4 Å². The summed E-state index contributed by atoms with van der Waals surface area (Å²) in [6, 6.07) is 5.80. The second-order valence-corrected chi connectivity index (χ2v) is 5.06. The first-order valence-electron chi connectivity index (χ1n) is 6.25. The molecular weight excluding hydrogens is 212 g/mol. The summed E-state index contributed by atoms with van der Waals surface area (Å²) in [5.41, 5.74) is 8.16. The zero-order valence-corrected chi connectivity index (χ0v) is 10.5. The van der Waals surface area contributed by atoms with E-state index >= 15 is 0 Å². The molecule has 0 bridgehead atoms. The fourth-order valence-corrected chi connectivity index (χ4v) is 2.39. The van der Waals surface area contributed by atoms with Crippen LogP contribution in [0.4, 0.5) is 5.69 Å². The minimum Gasteiger partial charge on any atom is -0.398 e. The molecule has 2 atom stereocenters. The Morgan fingerprint density at radius 1 is 1.41 bits per heavy atom. The van der Waals surface area contributed by atoms with Gasteiger partial charge in [-0.2, -0.15) is 0 Å². The van der Waals surface area contributed by atoms with E-state index in [1.165, 1.54) is 12.8 Å². The van der Waals surface area contributed by atoms with E-state index in [1.807, 2.05) is 19.1 Å². The largest absolute Gasteiger partial charge is 0.398 e. The number of amides is 1. The summed E-state index contributed by atoms with van der Waals surface area (Å²) < 4.78 is 0. The Hall–Kier alpha value is -1.51. The standard InChI is InChI=1S/C14H20N2O/c1-9-6-7-11(8-12(9)15)14(17)16-13-5-3-4-10(13)2/h6-8,10,13H,3-5,15H2,1-2H3,(H,16,17). The van der Waals surface area contributed by atoms with Gasteiger partial charge in [0.1, 0.15) is 0 Å². The number of anilines is 1. The lowest BCUT2D eigenvalue weighted by molar-refractivity contribution is 0.0929. The lowest BCUT2D eigenvalue weighted by atomic mass is 10.1. The van der Waals surface area contributed by atoms with E-state index in [9.17, 15) is 4.79 Å². The number of carbonyl (C=O) groups excluding carboxylic acids is 1. The van der Waals surface area contributed by atoms with Crippen LogP contribution in [0.5, 0.6) is 0 Å². The molecular formula is C14H20N2O. The average Bonchev–Trinajstić information content (AvgIpc) is 2.68. The van der Waals surface area contributed by atoms with Crippen molar-refractivity contribution in [3.63, 3.8) is 0 Å². The Balaban J connectivity index is 2.06. The smallest absolute Gasteiger partial charge is 0.251 e. The summed E-state index contributed by atoms with van der Waals surface area (Å²) in [4.78, 5) is 12.0. The lowest BCUT2D eigenvalue weighted by Gasteiger charge is -2.17. The zero-order valence-electron chi connectivity index (χ0n) is 10.5. The molecule has 0 heterocycles. The first kappa shape index (κ1) is 12.0. The summed E-state index contributed by atoms with van der Waals surface area (Å²) >= 11 is 0. The van der Waals surface area contributed by atoms with Crippen molar-refractivity contribution in [1.29, 1.82) is 0 Å². The highest BCUT2D eigenvalue weighted by Crippen LogP contribution is 2.25. The van der Waals surface area contributed by atoms with Crippen LogP contribution in [-0.4, -0.2) is 11.9 Å². The van der Waals surface area contributed by atoms with Crippen molar-refractivity contribution in [3.05, 3.63) is 29.3 Å². The number of nitrogens with one attached hydrogen (secondary N) is 1. The van der Waals surface area contributed by atoms with Crippen LogP contribution in [0.15, 0.2) is 18.2 Å². The third kappa shape index (κ3) is 2.60. The van der Waals surface area contributed by atoms with Crippen LogP contribution in [0.2, 0.25) is 0 Å². The van der Waals surface area contributed by atoms with Gasteiger partial charge in [0.15, 0.2) is 0 Å². The van der Waals surface area contributed by atoms with Crippen molar-refractivity contribution >= 4 is 11.6 Å². The number of nitrogen functional groups attached to an aromatic ring is 1. The highest BCUT2D eigenvalue weighted by atomic mass is 16.1. The van der Waals surface area contributed by atoms with Crippen LogP contribution in [-0.2, 0) is 0 Å². The Morgan fingerprint density at radius 2 is 2.18 bits per heavy atom. The first-order valence-corrected chi connectivity index (χ1v) is 6.25. The van der Waals surface area contributed by atoms with E-state index in [0.29, 0.717) is 23.2 Å². The Bertz CT molecular complexity index is 428. The molecule has 1 aliphatic rings. The maximum Gasteiger partial charge on any atom is 0.251 e. The van der Waals surface area contributed by atoms with Crippen LogP contribution in [0.25, 0.3) is 0 Å².